The summed E-state index contributed by atoms with van der Waals surface area (Å²) < 4.78 is 37.2. The number of nitrogens with zero attached hydrogens (tertiary/aromatic N) is 1. The first kappa shape index (κ1) is 12.5. The maximum absolute atomic E-state index is 12.4. The van der Waals surface area contributed by atoms with Gasteiger partial charge in [-0.1, -0.05) is 6.08 Å². The molecule has 98 valence electrons. The molecule has 0 saturated heterocycles. The molecule has 0 bridgehead atoms. The number of H-pyrrole nitrogens is 1. The molecular formula is C11H12F3N3O. The summed E-state index contributed by atoms with van der Waals surface area (Å²) in [5.41, 5.74) is 5.60. The number of hydrogen-bond donors (Lipinski definition) is 2. The Morgan fingerprint density at radius 3 is 2.61 bits per heavy atom. The largest absolute Gasteiger partial charge is 0.412 e. The Kier molecular flexibility index (Phi) is 3.06. The monoisotopic (exact) mass is 259 g/mol. The topological polar surface area (TPSA) is 62.1 Å². The molecule has 2 rings (SSSR count). The summed E-state index contributed by atoms with van der Waals surface area (Å²) in [4.78, 5) is 15.9. The quantitative estimate of drug-likeness (QED) is 0.757. The van der Waals surface area contributed by atoms with Crippen molar-refractivity contribution in [3.63, 3.8) is 0 Å². The minimum absolute atomic E-state index is 0.0351. The first-order valence-corrected chi connectivity index (χ1v) is 5.37. The van der Waals surface area contributed by atoms with E-state index in [0.29, 0.717) is 5.69 Å². The number of nitrogen functional groups attached to an aromatic ring is 1. The van der Waals surface area contributed by atoms with Gasteiger partial charge in [0.1, 0.15) is 5.69 Å². The number of nitrogens with one attached hydrogen (secondary N) is 1. The van der Waals surface area contributed by atoms with Gasteiger partial charge in [0.05, 0.1) is 0 Å². The summed E-state index contributed by atoms with van der Waals surface area (Å²) in [7, 11) is 0. The van der Waals surface area contributed by atoms with Crippen LogP contribution in [0.5, 0.6) is 0 Å². The molecule has 0 radical (unpaired) electrons. The van der Waals surface area contributed by atoms with Crippen molar-refractivity contribution >= 4 is 11.6 Å². The Labute approximate surface area is 101 Å². The van der Waals surface area contributed by atoms with E-state index >= 15 is 0 Å². The molecule has 2 heterocycles. The van der Waals surface area contributed by atoms with Crippen LogP contribution in [0.25, 0.3) is 0 Å². The molecule has 1 aromatic rings. The molecule has 7 heteroatoms. The third kappa shape index (κ3) is 2.49. The Hall–Kier alpha value is -1.92. The summed E-state index contributed by atoms with van der Waals surface area (Å²) >= 11 is 0. The highest BCUT2D eigenvalue weighted by molar-refractivity contribution is 5.93. The van der Waals surface area contributed by atoms with Crippen LogP contribution in [0.2, 0.25) is 0 Å². The van der Waals surface area contributed by atoms with Crippen LogP contribution in [0.4, 0.5) is 18.9 Å². The maximum Gasteiger partial charge on any atom is 0.412 e. The van der Waals surface area contributed by atoms with Gasteiger partial charge in [-0.3, -0.25) is 4.79 Å². The van der Waals surface area contributed by atoms with Gasteiger partial charge < -0.3 is 15.6 Å². The Morgan fingerprint density at radius 2 is 2.17 bits per heavy atom. The minimum Gasteiger partial charge on any atom is -0.397 e. The van der Waals surface area contributed by atoms with Crippen molar-refractivity contribution in [3.8, 4) is 0 Å². The van der Waals surface area contributed by atoms with Gasteiger partial charge in [0, 0.05) is 30.5 Å². The Balaban J connectivity index is 2.06. The molecule has 18 heavy (non-hydrogen) atoms. The smallest absolute Gasteiger partial charge is 0.397 e. The number of carbonyl (C=O) groups is 1. The van der Waals surface area contributed by atoms with Crippen LogP contribution in [0.15, 0.2) is 23.9 Å². The van der Waals surface area contributed by atoms with Gasteiger partial charge in [-0.2, -0.15) is 13.2 Å². The molecule has 0 spiro atoms. The SMILES string of the molecule is Nc1c[nH]c(C(=O)N2CC=C(C(F)(F)F)CC2)c1. The van der Waals surface area contributed by atoms with Crippen molar-refractivity contribution in [2.24, 2.45) is 0 Å². The van der Waals surface area contributed by atoms with E-state index in [9.17, 15) is 18.0 Å². The second kappa shape index (κ2) is 4.40. The maximum atomic E-state index is 12.4. The summed E-state index contributed by atoms with van der Waals surface area (Å²) in [6.45, 7) is 0.0235. The minimum atomic E-state index is -4.30. The zero-order valence-electron chi connectivity index (χ0n) is 9.42. The van der Waals surface area contributed by atoms with E-state index in [1.165, 1.54) is 17.2 Å². The van der Waals surface area contributed by atoms with Crippen LogP contribution in [0.3, 0.4) is 0 Å². The van der Waals surface area contributed by atoms with Crippen LogP contribution in [-0.2, 0) is 0 Å². The number of nitrogens with two attached hydrogens (primary N) is 1. The van der Waals surface area contributed by atoms with Gasteiger partial charge >= 0.3 is 6.18 Å². The third-order valence-electron chi connectivity index (χ3n) is 2.80. The van der Waals surface area contributed by atoms with Crippen LogP contribution in [-0.4, -0.2) is 35.1 Å². The number of rotatable bonds is 1. The fourth-order valence-electron chi connectivity index (χ4n) is 1.82. The normalized spacial score (nSPS) is 16.6. The molecule has 0 aliphatic carbocycles. The molecule has 1 aliphatic heterocycles. The lowest BCUT2D eigenvalue weighted by Gasteiger charge is -2.26. The fraction of sp³-hybridized carbons (Fsp3) is 0.364. The highest BCUT2D eigenvalue weighted by Gasteiger charge is 2.35. The third-order valence-corrected chi connectivity index (χ3v) is 2.80. The Bertz CT molecular complexity index is 490. The summed E-state index contributed by atoms with van der Waals surface area (Å²) in [6.07, 6.45) is -1.96. The molecule has 0 saturated carbocycles. The number of aromatic nitrogens is 1. The molecule has 1 aliphatic rings. The summed E-state index contributed by atoms with van der Waals surface area (Å²) in [5, 5.41) is 0. The predicted molar refractivity (Wildman–Crippen MR) is 59.9 cm³/mol. The van der Waals surface area contributed by atoms with Crippen molar-refractivity contribution in [3.05, 3.63) is 29.6 Å². The number of hydrogen-bond acceptors (Lipinski definition) is 2. The molecule has 0 fully saturated rings. The van der Waals surface area contributed by atoms with E-state index in [1.54, 1.807) is 0 Å². The van der Waals surface area contributed by atoms with E-state index in [2.05, 4.69) is 4.98 Å². The average molecular weight is 259 g/mol. The predicted octanol–water partition coefficient (Wildman–Crippen LogP) is 1.93. The van der Waals surface area contributed by atoms with Crippen molar-refractivity contribution in [2.45, 2.75) is 12.6 Å². The number of anilines is 1. The lowest BCUT2D eigenvalue weighted by molar-refractivity contribution is -0.0957. The number of carbonyl (C=O) groups excluding carboxylic acids is 1. The molecule has 1 aromatic heterocycles. The standard InChI is InChI=1S/C11H12F3N3O/c12-11(13,14)7-1-3-17(4-2-7)10(18)9-5-8(15)6-16-9/h1,5-6,16H,2-4,15H2. The molecule has 0 aromatic carbocycles. The van der Waals surface area contributed by atoms with Crippen molar-refractivity contribution < 1.29 is 18.0 Å². The molecule has 4 nitrogen and oxygen atoms in total. The zero-order chi connectivity index (χ0) is 13.3. The van der Waals surface area contributed by atoms with Gasteiger partial charge in [0.15, 0.2) is 0 Å². The highest BCUT2D eigenvalue weighted by atomic mass is 19.4. The van der Waals surface area contributed by atoms with Crippen molar-refractivity contribution in [1.82, 2.24) is 9.88 Å². The zero-order valence-corrected chi connectivity index (χ0v) is 9.42. The van der Waals surface area contributed by atoms with E-state index in [1.807, 2.05) is 0 Å². The van der Waals surface area contributed by atoms with Crippen LogP contribution < -0.4 is 5.73 Å². The van der Waals surface area contributed by atoms with Gasteiger partial charge in [0.2, 0.25) is 0 Å². The van der Waals surface area contributed by atoms with Crippen LogP contribution in [0.1, 0.15) is 16.9 Å². The molecule has 0 unspecified atom stereocenters. The molecule has 3 N–H and O–H groups in total. The average Bonchev–Trinajstić information content (AvgIpc) is 2.74. The fourth-order valence-corrected chi connectivity index (χ4v) is 1.82. The van der Waals surface area contributed by atoms with Gasteiger partial charge in [-0.15, -0.1) is 0 Å². The lowest BCUT2D eigenvalue weighted by atomic mass is 10.1. The van der Waals surface area contributed by atoms with Crippen LogP contribution >= 0.6 is 0 Å². The second-order valence-electron chi connectivity index (χ2n) is 4.07. The molecule has 1 amide bonds. The highest BCUT2D eigenvalue weighted by Crippen LogP contribution is 2.30. The van der Waals surface area contributed by atoms with E-state index in [0.717, 1.165) is 6.08 Å². The van der Waals surface area contributed by atoms with E-state index in [4.69, 9.17) is 5.73 Å². The summed E-state index contributed by atoms with van der Waals surface area (Å²) in [6, 6.07) is 1.46. The van der Waals surface area contributed by atoms with Crippen molar-refractivity contribution in [2.75, 3.05) is 18.8 Å². The van der Waals surface area contributed by atoms with E-state index in [-0.39, 0.29) is 31.1 Å². The first-order chi connectivity index (χ1) is 8.38. The molecular weight excluding hydrogens is 247 g/mol. The second-order valence-corrected chi connectivity index (χ2v) is 4.07. The van der Waals surface area contributed by atoms with E-state index < -0.39 is 11.7 Å². The number of aromatic amines is 1. The number of amides is 1. The van der Waals surface area contributed by atoms with Gasteiger partial charge in [-0.25, -0.2) is 0 Å². The summed E-state index contributed by atoms with van der Waals surface area (Å²) in [5.74, 6) is -0.343. The number of alkyl halides is 3. The Morgan fingerprint density at radius 1 is 1.44 bits per heavy atom. The lowest BCUT2D eigenvalue weighted by Crippen LogP contribution is -2.36. The molecule has 0 atom stereocenters. The van der Waals surface area contributed by atoms with Crippen LogP contribution in [0, 0.1) is 0 Å². The van der Waals surface area contributed by atoms with Crippen molar-refractivity contribution in [1.29, 1.82) is 0 Å². The van der Waals surface area contributed by atoms with Gasteiger partial charge in [0.25, 0.3) is 5.91 Å². The van der Waals surface area contributed by atoms with Gasteiger partial charge in [-0.05, 0) is 12.5 Å². The first-order valence-electron chi connectivity index (χ1n) is 5.37. The number of halogens is 3.